The molecule has 0 aromatic heterocycles. The molecule has 0 saturated heterocycles. The first-order valence-electron chi connectivity index (χ1n) is 4.26. The summed E-state index contributed by atoms with van der Waals surface area (Å²) >= 11 is 0. The molecular weight excluding hydrogens is 236 g/mol. The largest absolute Gasteiger partial charge is 0.509 e. The molecule has 0 heterocycles. The van der Waals surface area contributed by atoms with Crippen molar-refractivity contribution in [3.8, 4) is 0 Å². The zero-order chi connectivity index (χ0) is 12.0. The van der Waals surface area contributed by atoms with Crippen molar-refractivity contribution in [3.05, 3.63) is 35.9 Å². The van der Waals surface area contributed by atoms with E-state index in [2.05, 4.69) is 9.47 Å². The number of carbonyl (C=O) groups is 1. The molecule has 1 rings (SSSR count). The number of hydrogen-bond acceptors (Lipinski definition) is 5. The van der Waals surface area contributed by atoms with Gasteiger partial charge in [0.1, 0.15) is 6.61 Å². The van der Waals surface area contributed by atoms with E-state index in [1.54, 1.807) is 30.3 Å². The van der Waals surface area contributed by atoms with Crippen LogP contribution in [0.3, 0.4) is 0 Å². The van der Waals surface area contributed by atoms with E-state index in [1.807, 2.05) is 0 Å². The highest BCUT2D eigenvalue weighted by Crippen LogP contribution is 2.01. The Bertz CT molecular complexity index is 438. The van der Waals surface area contributed by atoms with Crippen LogP contribution in [-0.4, -0.2) is 25.1 Å². The normalized spacial score (nSPS) is 10.8. The molecule has 0 aliphatic rings. The fourth-order valence-corrected chi connectivity index (χ4v) is 1.13. The van der Waals surface area contributed by atoms with Gasteiger partial charge in [0.25, 0.3) is 0 Å². The molecule has 7 heteroatoms. The van der Waals surface area contributed by atoms with E-state index in [-0.39, 0.29) is 6.61 Å². The number of carbonyl (C=O) groups excluding carboxylic acids is 1. The van der Waals surface area contributed by atoms with Gasteiger partial charge in [-0.1, -0.05) is 30.3 Å². The lowest BCUT2D eigenvalue weighted by Crippen LogP contribution is -2.14. The maximum atomic E-state index is 10.8. The highest BCUT2D eigenvalue weighted by atomic mass is 32.2. The first-order valence-corrected chi connectivity index (χ1v) is 5.87. The lowest BCUT2D eigenvalue weighted by molar-refractivity contribution is 0.0604. The van der Waals surface area contributed by atoms with E-state index in [1.165, 1.54) is 0 Å². The maximum absolute atomic E-state index is 10.8. The van der Waals surface area contributed by atoms with Crippen LogP contribution in [0.15, 0.2) is 30.3 Å². The molecule has 6 nitrogen and oxygen atoms in total. The minimum Gasteiger partial charge on any atom is -0.429 e. The van der Waals surface area contributed by atoms with Gasteiger partial charge >= 0.3 is 16.3 Å². The van der Waals surface area contributed by atoms with E-state index in [0.29, 0.717) is 0 Å². The molecule has 88 valence electrons. The van der Waals surface area contributed by atoms with E-state index in [0.717, 1.165) is 5.56 Å². The van der Waals surface area contributed by atoms with E-state index < -0.39 is 22.2 Å². The number of ether oxygens (including phenoxy) is 2. The van der Waals surface area contributed by atoms with Crippen LogP contribution in [-0.2, 0) is 26.2 Å². The molecule has 0 atom stereocenters. The van der Waals surface area contributed by atoms with Gasteiger partial charge in [-0.3, -0.25) is 4.55 Å². The van der Waals surface area contributed by atoms with Crippen molar-refractivity contribution in [1.29, 1.82) is 0 Å². The molecule has 0 unspecified atom stereocenters. The minimum atomic E-state index is -4.33. The predicted molar refractivity (Wildman–Crippen MR) is 54.1 cm³/mol. The molecule has 0 aliphatic heterocycles. The van der Waals surface area contributed by atoms with Crippen LogP contribution in [0, 0.1) is 0 Å². The molecule has 1 aromatic rings. The lowest BCUT2D eigenvalue weighted by Gasteiger charge is -2.04. The Hall–Kier alpha value is -1.60. The Morgan fingerprint density at radius 1 is 1.19 bits per heavy atom. The summed E-state index contributed by atoms with van der Waals surface area (Å²) in [7, 11) is -4.33. The highest BCUT2D eigenvalue weighted by Gasteiger charge is 2.10. The summed E-state index contributed by atoms with van der Waals surface area (Å²) in [5, 5.41) is 0. The fraction of sp³-hybridized carbons (Fsp3) is 0.222. The van der Waals surface area contributed by atoms with Crippen LogP contribution in [0.5, 0.6) is 0 Å². The Morgan fingerprint density at radius 2 is 1.81 bits per heavy atom. The van der Waals surface area contributed by atoms with Crippen molar-refractivity contribution in [2.45, 2.75) is 6.61 Å². The molecule has 0 spiro atoms. The molecule has 0 fully saturated rings. The van der Waals surface area contributed by atoms with Crippen molar-refractivity contribution in [1.82, 2.24) is 0 Å². The predicted octanol–water partition coefficient (Wildman–Crippen LogP) is 1.19. The van der Waals surface area contributed by atoms with Gasteiger partial charge in [-0.05, 0) is 5.56 Å². The molecule has 16 heavy (non-hydrogen) atoms. The van der Waals surface area contributed by atoms with Gasteiger partial charge in [0.05, 0.1) is 0 Å². The van der Waals surface area contributed by atoms with Crippen LogP contribution < -0.4 is 0 Å². The standard InChI is InChI=1S/C9H10O6S/c10-9(15-7-16(11,12)13)14-6-8-4-2-1-3-5-8/h1-5H,6-7H2,(H,11,12,13). The Balaban J connectivity index is 2.31. The van der Waals surface area contributed by atoms with Crippen molar-refractivity contribution in [2.75, 3.05) is 5.94 Å². The second-order valence-corrected chi connectivity index (χ2v) is 4.27. The molecular formula is C9H10O6S. The van der Waals surface area contributed by atoms with Gasteiger partial charge in [-0.25, -0.2) is 4.79 Å². The number of benzene rings is 1. The van der Waals surface area contributed by atoms with Gasteiger partial charge < -0.3 is 9.47 Å². The average molecular weight is 246 g/mol. The Morgan fingerprint density at radius 3 is 2.38 bits per heavy atom. The minimum absolute atomic E-state index is 0.0227. The first kappa shape index (κ1) is 12.5. The number of hydrogen-bond donors (Lipinski definition) is 1. The summed E-state index contributed by atoms with van der Waals surface area (Å²) in [6, 6.07) is 8.80. The van der Waals surface area contributed by atoms with Gasteiger partial charge in [0.15, 0.2) is 0 Å². The average Bonchev–Trinajstić information content (AvgIpc) is 2.24. The van der Waals surface area contributed by atoms with Gasteiger partial charge in [-0.15, -0.1) is 0 Å². The van der Waals surface area contributed by atoms with Crippen LogP contribution in [0.2, 0.25) is 0 Å². The monoisotopic (exact) mass is 246 g/mol. The summed E-state index contributed by atoms with van der Waals surface area (Å²) in [6.07, 6.45) is -1.15. The molecule has 1 aromatic carbocycles. The summed E-state index contributed by atoms with van der Waals surface area (Å²) in [6.45, 7) is -0.0227. The Labute approximate surface area is 92.5 Å². The molecule has 0 radical (unpaired) electrons. The summed E-state index contributed by atoms with van der Waals surface area (Å²) in [5.41, 5.74) is 0.742. The molecule has 0 saturated carbocycles. The quantitative estimate of drug-likeness (QED) is 0.633. The first-order chi connectivity index (χ1) is 7.47. The van der Waals surface area contributed by atoms with E-state index in [9.17, 15) is 13.2 Å². The second-order valence-electron chi connectivity index (χ2n) is 2.87. The zero-order valence-electron chi connectivity index (χ0n) is 8.20. The highest BCUT2D eigenvalue weighted by molar-refractivity contribution is 7.85. The molecule has 1 N–H and O–H groups in total. The summed E-state index contributed by atoms with van der Waals surface area (Å²) in [5.74, 6) is -1.11. The van der Waals surface area contributed by atoms with E-state index >= 15 is 0 Å². The lowest BCUT2D eigenvalue weighted by atomic mass is 10.2. The summed E-state index contributed by atoms with van der Waals surface area (Å²) < 4.78 is 37.5. The van der Waals surface area contributed by atoms with Gasteiger partial charge in [-0.2, -0.15) is 8.42 Å². The van der Waals surface area contributed by atoms with Gasteiger partial charge in [0, 0.05) is 0 Å². The van der Waals surface area contributed by atoms with E-state index in [4.69, 9.17) is 4.55 Å². The molecule has 0 aliphatic carbocycles. The van der Waals surface area contributed by atoms with Crippen LogP contribution in [0.25, 0.3) is 0 Å². The SMILES string of the molecule is O=C(OCc1ccccc1)OCS(=O)(=O)O. The third-order valence-electron chi connectivity index (χ3n) is 1.53. The van der Waals surface area contributed by atoms with Crippen molar-refractivity contribution in [2.24, 2.45) is 0 Å². The smallest absolute Gasteiger partial charge is 0.429 e. The molecule has 0 bridgehead atoms. The van der Waals surface area contributed by atoms with Crippen LogP contribution in [0.1, 0.15) is 5.56 Å². The zero-order valence-corrected chi connectivity index (χ0v) is 9.01. The second kappa shape index (κ2) is 5.47. The van der Waals surface area contributed by atoms with Crippen molar-refractivity contribution >= 4 is 16.3 Å². The number of rotatable bonds is 4. The van der Waals surface area contributed by atoms with Crippen molar-refractivity contribution < 1.29 is 27.2 Å². The third kappa shape index (κ3) is 5.32. The van der Waals surface area contributed by atoms with Gasteiger partial charge in [0.2, 0.25) is 5.94 Å². The summed E-state index contributed by atoms with van der Waals surface area (Å²) in [4.78, 5) is 10.8. The third-order valence-corrected chi connectivity index (χ3v) is 1.94. The van der Waals surface area contributed by atoms with Crippen molar-refractivity contribution in [3.63, 3.8) is 0 Å². The Kier molecular flexibility index (Phi) is 4.27. The molecule has 0 amide bonds. The maximum Gasteiger partial charge on any atom is 0.509 e. The van der Waals surface area contributed by atoms with Crippen LogP contribution >= 0.6 is 0 Å². The fourth-order valence-electron chi connectivity index (χ4n) is 0.881. The topological polar surface area (TPSA) is 89.9 Å². The van der Waals surface area contributed by atoms with Crippen LogP contribution in [0.4, 0.5) is 4.79 Å².